The molecule has 3 rings (SSSR count). The molecule has 0 aliphatic carbocycles. The predicted octanol–water partition coefficient (Wildman–Crippen LogP) is 2.05. The van der Waals surface area contributed by atoms with E-state index < -0.39 is 0 Å². The molecule has 2 aromatic heterocycles. The Balaban J connectivity index is 1.79. The van der Waals surface area contributed by atoms with Crippen LogP contribution in [0.4, 0.5) is 0 Å². The molecule has 0 spiro atoms. The lowest BCUT2D eigenvalue weighted by Gasteiger charge is -2.24. The number of carbonyl (C=O) groups excluding carboxylic acids is 1. The van der Waals surface area contributed by atoms with Gasteiger partial charge in [-0.3, -0.25) is 4.79 Å². The Hall–Kier alpha value is -2.64. The van der Waals surface area contributed by atoms with E-state index in [0.717, 1.165) is 19.4 Å². The van der Waals surface area contributed by atoms with Crippen LogP contribution in [0.5, 0.6) is 0 Å². The third-order valence-electron chi connectivity index (χ3n) is 3.80. The van der Waals surface area contributed by atoms with Crippen LogP contribution in [-0.2, 0) is 11.3 Å². The molecule has 1 fully saturated rings. The van der Waals surface area contributed by atoms with Crippen molar-refractivity contribution in [2.45, 2.75) is 25.4 Å². The molecule has 0 saturated carbocycles. The number of aromatic nitrogens is 2. The second-order valence-electron chi connectivity index (χ2n) is 5.05. The molecule has 7 heteroatoms. The van der Waals surface area contributed by atoms with E-state index in [0.29, 0.717) is 0 Å². The molecule has 3 heterocycles. The minimum absolute atomic E-state index is 0.0411. The molecular formula is C15H13N5OS. The SMILES string of the molecule is N#Cc1ncn(CC(=O)N2CCC[C@@H]2c2cccs2)c1C#N. The molecule has 0 unspecified atom stereocenters. The van der Waals surface area contributed by atoms with Crippen molar-refractivity contribution in [3.8, 4) is 12.1 Å². The Morgan fingerprint density at radius 2 is 2.32 bits per heavy atom. The van der Waals surface area contributed by atoms with E-state index in [1.165, 1.54) is 15.8 Å². The van der Waals surface area contributed by atoms with Crippen LogP contribution < -0.4 is 0 Å². The van der Waals surface area contributed by atoms with Crippen molar-refractivity contribution in [2.75, 3.05) is 6.54 Å². The molecule has 1 aliphatic rings. The van der Waals surface area contributed by atoms with E-state index in [-0.39, 0.29) is 29.9 Å². The van der Waals surface area contributed by atoms with Crippen LogP contribution in [0.3, 0.4) is 0 Å². The van der Waals surface area contributed by atoms with Gasteiger partial charge in [-0.1, -0.05) is 6.07 Å². The van der Waals surface area contributed by atoms with Crippen molar-refractivity contribution in [1.29, 1.82) is 10.5 Å². The summed E-state index contributed by atoms with van der Waals surface area (Å²) in [4.78, 5) is 19.5. The Morgan fingerprint density at radius 1 is 1.45 bits per heavy atom. The van der Waals surface area contributed by atoms with Crippen molar-refractivity contribution in [2.24, 2.45) is 0 Å². The average Bonchev–Trinajstić information content (AvgIpc) is 3.26. The second-order valence-corrected chi connectivity index (χ2v) is 6.03. The molecule has 0 radical (unpaired) electrons. The van der Waals surface area contributed by atoms with Crippen molar-refractivity contribution in [1.82, 2.24) is 14.5 Å². The van der Waals surface area contributed by atoms with Crippen molar-refractivity contribution < 1.29 is 4.79 Å². The molecule has 0 bridgehead atoms. The summed E-state index contributed by atoms with van der Waals surface area (Å²) in [5, 5.41) is 20.0. The van der Waals surface area contributed by atoms with Crippen molar-refractivity contribution >= 4 is 17.2 Å². The largest absolute Gasteiger partial charge is 0.333 e. The Morgan fingerprint density at radius 3 is 3.00 bits per heavy atom. The molecule has 0 aromatic carbocycles. The maximum atomic E-state index is 12.6. The molecule has 1 aliphatic heterocycles. The Kier molecular flexibility index (Phi) is 3.90. The van der Waals surface area contributed by atoms with Gasteiger partial charge in [0.25, 0.3) is 0 Å². The van der Waals surface area contributed by atoms with Gasteiger partial charge >= 0.3 is 0 Å². The molecular weight excluding hydrogens is 298 g/mol. The maximum absolute atomic E-state index is 12.6. The van der Waals surface area contributed by atoms with E-state index in [2.05, 4.69) is 4.98 Å². The van der Waals surface area contributed by atoms with Gasteiger partial charge in [0.1, 0.15) is 18.7 Å². The standard InChI is InChI=1S/C15H13N5OS/c16-7-11-13(8-17)19(10-18-11)9-15(21)20-5-1-3-12(20)14-4-2-6-22-14/h2,4,6,10,12H,1,3,5,9H2/t12-/m1/s1. The summed E-state index contributed by atoms with van der Waals surface area (Å²) in [5.74, 6) is -0.0470. The monoisotopic (exact) mass is 311 g/mol. The Labute approximate surface area is 131 Å². The molecule has 0 N–H and O–H groups in total. The first-order chi connectivity index (χ1) is 10.7. The number of hydrogen-bond acceptors (Lipinski definition) is 5. The van der Waals surface area contributed by atoms with Crippen LogP contribution in [0, 0.1) is 22.7 Å². The van der Waals surface area contributed by atoms with Gasteiger partial charge in [0.2, 0.25) is 5.91 Å². The zero-order valence-corrected chi connectivity index (χ0v) is 12.6. The van der Waals surface area contributed by atoms with Crippen molar-refractivity contribution in [3.63, 3.8) is 0 Å². The molecule has 1 amide bonds. The van der Waals surface area contributed by atoms with Crippen LogP contribution in [0.1, 0.15) is 35.1 Å². The number of carbonyl (C=O) groups is 1. The topological polar surface area (TPSA) is 85.7 Å². The number of hydrogen-bond donors (Lipinski definition) is 0. The van der Waals surface area contributed by atoms with E-state index >= 15 is 0 Å². The molecule has 2 aromatic rings. The van der Waals surface area contributed by atoms with Gasteiger partial charge in [-0.05, 0) is 24.3 Å². The summed E-state index contributed by atoms with van der Waals surface area (Å²) < 4.78 is 1.45. The first kappa shape index (κ1) is 14.3. The minimum Gasteiger partial charge on any atom is -0.333 e. The van der Waals surface area contributed by atoms with Crippen LogP contribution in [-0.4, -0.2) is 26.9 Å². The van der Waals surface area contributed by atoms with Crippen LogP contribution in [0.25, 0.3) is 0 Å². The summed E-state index contributed by atoms with van der Waals surface area (Å²) >= 11 is 1.65. The number of likely N-dealkylation sites (tertiary alicyclic amines) is 1. The van der Waals surface area contributed by atoms with Gasteiger partial charge in [0.15, 0.2) is 11.4 Å². The summed E-state index contributed by atoms with van der Waals surface area (Å²) in [6.45, 7) is 0.766. The number of amides is 1. The molecule has 1 atom stereocenters. The first-order valence-electron chi connectivity index (χ1n) is 6.92. The van der Waals surface area contributed by atoms with Gasteiger partial charge < -0.3 is 9.47 Å². The van der Waals surface area contributed by atoms with E-state index in [9.17, 15) is 4.79 Å². The normalized spacial score (nSPS) is 17.2. The number of thiophene rings is 1. The number of nitriles is 2. The zero-order valence-electron chi connectivity index (χ0n) is 11.8. The third-order valence-corrected chi connectivity index (χ3v) is 4.77. The fraction of sp³-hybridized carbons (Fsp3) is 0.333. The lowest BCUT2D eigenvalue weighted by Crippen LogP contribution is -2.33. The summed E-state index contributed by atoms with van der Waals surface area (Å²) in [5.41, 5.74) is 0.203. The lowest BCUT2D eigenvalue weighted by atomic mass is 10.2. The van der Waals surface area contributed by atoms with Gasteiger partial charge in [0.05, 0.1) is 12.4 Å². The number of nitrogens with zero attached hydrogens (tertiary/aromatic N) is 5. The highest BCUT2D eigenvalue weighted by Gasteiger charge is 2.30. The van der Waals surface area contributed by atoms with E-state index in [1.54, 1.807) is 11.3 Å². The highest BCUT2D eigenvalue weighted by molar-refractivity contribution is 7.10. The smallest absolute Gasteiger partial charge is 0.243 e. The fourth-order valence-corrected chi connectivity index (χ4v) is 3.65. The van der Waals surface area contributed by atoms with Gasteiger partial charge in [-0.2, -0.15) is 10.5 Å². The Bertz CT molecular complexity index is 765. The quantitative estimate of drug-likeness (QED) is 0.868. The van der Waals surface area contributed by atoms with Gasteiger partial charge in [0, 0.05) is 11.4 Å². The second kappa shape index (κ2) is 6.00. The van der Waals surface area contributed by atoms with E-state index in [4.69, 9.17) is 10.5 Å². The lowest BCUT2D eigenvalue weighted by molar-refractivity contribution is -0.132. The highest BCUT2D eigenvalue weighted by Crippen LogP contribution is 2.34. The predicted molar refractivity (Wildman–Crippen MR) is 79.7 cm³/mol. The third kappa shape index (κ3) is 2.47. The summed E-state index contributed by atoms with van der Waals surface area (Å²) in [7, 11) is 0. The van der Waals surface area contributed by atoms with Crippen molar-refractivity contribution in [3.05, 3.63) is 40.1 Å². The fourth-order valence-electron chi connectivity index (χ4n) is 2.78. The van der Waals surface area contributed by atoms with Crippen LogP contribution in [0.2, 0.25) is 0 Å². The molecule has 22 heavy (non-hydrogen) atoms. The number of rotatable bonds is 3. The molecule has 110 valence electrons. The summed E-state index contributed by atoms with van der Waals surface area (Å²) in [6, 6.07) is 7.96. The first-order valence-corrected chi connectivity index (χ1v) is 7.80. The van der Waals surface area contributed by atoms with Gasteiger partial charge in [-0.15, -0.1) is 11.3 Å². The van der Waals surface area contributed by atoms with Crippen LogP contribution >= 0.6 is 11.3 Å². The maximum Gasteiger partial charge on any atom is 0.243 e. The van der Waals surface area contributed by atoms with Gasteiger partial charge in [-0.25, -0.2) is 4.98 Å². The average molecular weight is 311 g/mol. The van der Waals surface area contributed by atoms with Crippen LogP contribution in [0.15, 0.2) is 23.8 Å². The summed E-state index contributed by atoms with van der Waals surface area (Å²) in [6.07, 6.45) is 3.32. The minimum atomic E-state index is -0.0470. The zero-order chi connectivity index (χ0) is 15.5. The molecule has 1 saturated heterocycles. The molecule has 6 nitrogen and oxygen atoms in total. The number of imidazole rings is 1. The highest BCUT2D eigenvalue weighted by atomic mass is 32.1. The van der Waals surface area contributed by atoms with E-state index in [1.807, 2.05) is 34.6 Å².